The van der Waals surface area contributed by atoms with Gasteiger partial charge in [0.1, 0.15) is 0 Å². The van der Waals surface area contributed by atoms with Crippen LogP contribution in [0.5, 0.6) is 0 Å². The van der Waals surface area contributed by atoms with E-state index in [1.165, 1.54) is 17.5 Å². The average Bonchev–Trinajstić information content (AvgIpc) is 3.05. The van der Waals surface area contributed by atoms with Crippen LogP contribution in [0.1, 0.15) is 37.3 Å². The van der Waals surface area contributed by atoms with Crippen LogP contribution < -0.4 is 5.32 Å². The zero-order chi connectivity index (χ0) is 12.4. The number of hydrogen-bond donors (Lipinski definition) is 1. The van der Waals surface area contributed by atoms with Crippen LogP contribution in [0, 0.1) is 18.8 Å². The highest BCUT2D eigenvalue weighted by Crippen LogP contribution is 2.47. The number of carbonyl (C=O) groups is 1. The van der Waals surface area contributed by atoms with Crippen LogP contribution in [0.2, 0.25) is 0 Å². The Morgan fingerprint density at radius 3 is 2.88 bits per heavy atom. The van der Waals surface area contributed by atoms with Gasteiger partial charge in [0.2, 0.25) is 5.91 Å². The third-order valence-corrected chi connectivity index (χ3v) is 3.46. The van der Waals surface area contributed by atoms with Crippen molar-refractivity contribution in [3.63, 3.8) is 0 Å². The molecule has 1 aromatic rings. The van der Waals surface area contributed by atoms with Crippen molar-refractivity contribution in [2.24, 2.45) is 11.8 Å². The smallest absolute Gasteiger partial charge is 0.222 e. The summed E-state index contributed by atoms with van der Waals surface area (Å²) in [4.78, 5) is 11.5. The highest BCUT2D eigenvalue weighted by atomic mass is 16.1. The zero-order valence-electron chi connectivity index (χ0n) is 10.9. The summed E-state index contributed by atoms with van der Waals surface area (Å²) in [6, 6.07) is 8.70. The molecule has 0 radical (unpaired) electrons. The maximum atomic E-state index is 11.5. The van der Waals surface area contributed by atoms with Gasteiger partial charge >= 0.3 is 0 Å². The Hall–Kier alpha value is -1.31. The molecule has 1 aromatic carbocycles. The zero-order valence-corrected chi connectivity index (χ0v) is 10.9. The summed E-state index contributed by atoms with van der Waals surface area (Å²) < 4.78 is 0. The van der Waals surface area contributed by atoms with E-state index in [-0.39, 0.29) is 11.8 Å². The predicted molar refractivity (Wildman–Crippen MR) is 69.9 cm³/mol. The lowest BCUT2D eigenvalue weighted by Crippen LogP contribution is -2.29. The third-order valence-electron chi connectivity index (χ3n) is 3.46. The lowest BCUT2D eigenvalue weighted by Gasteiger charge is -2.07. The summed E-state index contributed by atoms with van der Waals surface area (Å²) in [6.45, 7) is 6.82. The van der Waals surface area contributed by atoms with Crippen molar-refractivity contribution >= 4 is 5.91 Å². The summed E-state index contributed by atoms with van der Waals surface area (Å²) in [5.74, 6) is 1.55. The van der Waals surface area contributed by atoms with Crippen molar-refractivity contribution < 1.29 is 4.79 Å². The van der Waals surface area contributed by atoms with Gasteiger partial charge in [-0.1, -0.05) is 43.7 Å². The Labute approximate surface area is 103 Å². The Balaban J connectivity index is 1.83. The summed E-state index contributed by atoms with van der Waals surface area (Å²) in [7, 11) is 0. The van der Waals surface area contributed by atoms with Gasteiger partial charge in [-0.25, -0.2) is 0 Å². The summed E-state index contributed by atoms with van der Waals surface area (Å²) >= 11 is 0. The Morgan fingerprint density at radius 1 is 1.47 bits per heavy atom. The molecule has 2 nitrogen and oxygen atoms in total. The molecule has 2 heteroatoms. The molecule has 0 aromatic heterocycles. The molecule has 0 aliphatic heterocycles. The van der Waals surface area contributed by atoms with Crippen molar-refractivity contribution in [3.05, 3.63) is 35.4 Å². The standard InChI is InChI=1S/C15H21NO/c1-10(2)15(17)16-9-13-8-14(13)12-6-4-5-11(3)7-12/h4-7,10,13-14H,8-9H2,1-3H3,(H,16,17). The Kier molecular flexibility index (Phi) is 3.51. The monoisotopic (exact) mass is 231 g/mol. The SMILES string of the molecule is Cc1cccc(C2CC2CNC(=O)C(C)C)c1. The fourth-order valence-corrected chi connectivity index (χ4v) is 2.22. The lowest BCUT2D eigenvalue weighted by molar-refractivity contribution is -0.124. The van der Waals surface area contributed by atoms with Crippen molar-refractivity contribution in [3.8, 4) is 0 Å². The molecule has 1 N–H and O–H groups in total. The molecule has 1 saturated carbocycles. The van der Waals surface area contributed by atoms with Crippen molar-refractivity contribution in [2.75, 3.05) is 6.54 Å². The number of rotatable bonds is 4. The Morgan fingerprint density at radius 2 is 2.24 bits per heavy atom. The predicted octanol–water partition coefficient (Wildman–Crippen LogP) is 2.87. The molecule has 0 heterocycles. The van der Waals surface area contributed by atoms with E-state index in [1.54, 1.807) is 0 Å². The number of amides is 1. The van der Waals surface area contributed by atoms with E-state index in [0.717, 1.165) is 6.54 Å². The fourth-order valence-electron chi connectivity index (χ4n) is 2.22. The highest BCUT2D eigenvalue weighted by molar-refractivity contribution is 5.77. The number of hydrogen-bond acceptors (Lipinski definition) is 1. The summed E-state index contributed by atoms with van der Waals surface area (Å²) in [5.41, 5.74) is 2.74. The van der Waals surface area contributed by atoms with Gasteiger partial charge in [0.05, 0.1) is 0 Å². The molecule has 1 amide bonds. The highest BCUT2D eigenvalue weighted by Gasteiger charge is 2.38. The topological polar surface area (TPSA) is 29.1 Å². The molecule has 2 rings (SSSR count). The second-order valence-electron chi connectivity index (χ2n) is 5.42. The van der Waals surface area contributed by atoms with Crippen LogP contribution in [-0.4, -0.2) is 12.5 Å². The van der Waals surface area contributed by atoms with Gasteiger partial charge < -0.3 is 5.32 Å². The van der Waals surface area contributed by atoms with Crippen LogP contribution in [0.3, 0.4) is 0 Å². The number of benzene rings is 1. The molecule has 1 aliphatic carbocycles. The molecule has 2 unspecified atom stereocenters. The molecular formula is C15H21NO. The quantitative estimate of drug-likeness (QED) is 0.848. The van der Waals surface area contributed by atoms with E-state index in [9.17, 15) is 4.79 Å². The van der Waals surface area contributed by atoms with Gasteiger partial charge in [-0.2, -0.15) is 0 Å². The molecule has 92 valence electrons. The average molecular weight is 231 g/mol. The van der Waals surface area contributed by atoms with Crippen molar-refractivity contribution in [2.45, 2.75) is 33.1 Å². The Bertz CT molecular complexity index is 411. The summed E-state index contributed by atoms with van der Waals surface area (Å²) in [5, 5.41) is 3.02. The minimum atomic E-state index is 0.0890. The number of carbonyl (C=O) groups excluding carboxylic acids is 1. The molecule has 2 atom stereocenters. The van der Waals surface area contributed by atoms with Crippen molar-refractivity contribution in [1.82, 2.24) is 5.32 Å². The molecule has 0 spiro atoms. The second-order valence-corrected chi connectivity index (χ2v) is 5.42. The molecule has 17 heavy (non-hydrogen) atoms. The van der Waals surface area contributed by atoms with Gasteiger partial charge in [-0.3, -0.25) is 4.79 Å². The first kappa shape index (κ1) is 12.2. The van der Waals surface area contributed by atoms with E-state index in [2.05, 4.69) is 36.5 Å². The molecular weight excluding hydrogens is 210 g/mol. The molecule has 1 aliphatic rings. The van der Waals surface area contributed by atoms with Crippen LogP contribution in [-0.2, 0) is 4.79 Å². The second kappa shape index (κ2) is 4.91. The first-order valence-electron chi connectivity index (χ1n) is 6.42. The first-order chi connectivity index (χ1) is 8.08. The fraction of sp³-hybridized carbons (Fsp3) is 0.533. The van der Waals surface area contributed by atoms with Gasteiger partial charge in [0.25, 0.3) is 0 Å². The first-order valence-corrected chi connectivity index (χ1v) is 6.42. The van der Waals surface area contributed by atoms with E-state index in [4.69, 9.17) is 0 Å². The van der Waals surface area contributed by atoms with Crippen molar-refractivity contribution in [1.29, 1.82) is 0 Å². The lowest BCUT2D eigenvalue weighted by atomic mass is 10.1. The van der Waals surface area contributed by atoms with E-state index in [0.29, 0.717) is 11.8 Å². The largest absolute Gasteiger partial charge is 0.356 e. The maximum absolute atomic E-state index is 11.5. The van der Waals surface area contributed by atoms with Gasteiger partial charge in [0.15, 0.2) is 0 Å². The number of aryl methyl sites for hydroxylation is 1. The van der Waals surface area contributed by atoms with Crippen LogP contribution in [0.15, 0.2) is 24.3 Å². The van der Waals surface area contributed by atoms with Crippen LogP contribution >= 0.6 is 0 Å². The molecule has 0 bridgehead atoms. The van der Waals surface area contributed by atoms with E-state index >= 15 is 0 Å². The minimum absolute atomic E-state index is 0.0890. The maximum Gasteiger partial charge on any atom is 0.222 e. The van der Waals surface area contributed by atoms with Gasteiger partial charge in [-0.15, -0.1) is 0 Å². The minimum Gasteiger partial charge on any atom is -0.356 e. The van der Waals surface area contributed by atoms with E-state index < -0.39 is 0 Å². The summed E-state index contributed by atoms with van der Waals surface area (Å²) in [6.07, 6.45) is 1.21. The molecule has 0 saturated heterocycles. The van der Waals surface area contributed by atoms with Gasteiger partial charge in [0, 0.05) is 12.5 Å². The van der Waals surface area contributed by atoms with Crippen LogP contribution in [0.4, 0.5) is 0 Å². The normalized spacial score (nSPS) is 22.6. The van der Waals surface area contributed by atoms with Crippen LogP contribution in [0.25, 0.3) is 0 Å². The number of nitrogens with one attached hydrogen (secondary N) is 1. The van der Waals surface area contributed by atoms with E-state index in [1.807, 2.05) is 13.8 Å². The third kappa shape index (κ3) is 3.09. The molecule has 1 fully saturated rings. The van der Waals surface area contributed by atoms with Gasteiger partial charge in [-0.05, 0) is 30.7 Å².